The number of nitrogens with zero attached hydrogens (tertiary/aromatic N) is 1. The number of carbonyl (C=O) groups is 1. The van der Waals surface area contributed by atoms with Crippen LogP contribution in [0.5, 0.6) is 0 Å². The van der Waals surface area contributed by atoms with Gasteiger partial charge in [0.05, 0.1) is 5.92 Å². The van der Waals surface area contributed by atoms with Gasteiger partial charge in [-0.1, -0.05) is 74.5 Å². The van der Waals surface area contributed by atoms with Gasteiger partial charge in [0.25, 0.3) is 0 Å². The van der Waals surface area contributed by atoms with Gasteiger partial charge in [-0.05, 0) is 24.2 Å². The predicted octanol–water partition coefficient (Wildman–Crippen LogP) is 3.70. The Morgan fingerprint density at radius 1 is 0.917 bits per heavy atom. The smallest absolute Gasteiger partial charge is 0.232 e. The quantitative estimate of drug-likeness (QED) is 0.790. The van der Waals surface area contributed by atoms with Gasteiger partial charge in [0.2, 0.25) is 5.91 Å². The molecule has 0 atom stereocenters. The van der Waals surface area contributed by atoms with E-state index in [1.165, 1.54) is 0 Å². The summed E-state index contributed by atoms with van der Waals surface area (Å²) in [5.74, 6) is -0.191. The standard InChI is InChI=1S/C20H26N2O.ClH/c1-3-22(4-2)16-15-21-20(23)19(17-11-7-5-8-12-17)18-13-9-6-10-14-18;/h5-14,19H,3-4,15-16H2,1-2H3,(H,21,23);1H. The Kier molecular flexibility index (Phi) is 9.13. The average Bonchev–Trinajstić information content (AvgIpc) is 2.61. The number of nitrogens with one attached hydrogen (secondary N) is 1. The van der Waals surface area contributed by atoms with E-state index in [4.69, 9.17) is 0 Å². The van der Waals surface area contributed by atoms with Crippen LogP contribution in [0.2, 0.25) is 0 Å². The minimum absolute atomic E-state index is 0. The van der Waals surface area contributed by atoms with E-state index in [0.29, 0.717) is 6.54 Å². The Bertz CT molecular complexity index is 546. The third kappa shape index (κ3) is 5.66. The molecule has 1 N–H and O–H groups in total. The van der Waals surface area contributed by atoms with E-state index < -0.39 is 0 Å². The Hall–Kier alpha value is -1.84. The molecule has 4 heteroatoms. The fourth-order valence-electron chi connectivity index (χ4n) is 2.77. The maximum atomic E-state index is 12.8. The minimum Gasteiger partial charge on any atom is -0.354 e. The number of hydrogen-bond donors (Lipinski definition) is 1. The van der Waals surface area contributed by atoms with Crippen molar-refractivity contribution in [3.63, 3.8) is 0 Å². The third-order valence-electron chi connectivity index (χ3n) is 4.15. The van der Waals surface area contributed by atoms with E-state index in [0.717, 1.165) is 30.8 Å². The minimum atomic E-state index is -0.255. The van der Waals surface area contributed by atoms with Crippen molar-refractivity contribution in [2.75, 3.05) is 26.2 Å². The van der Waals surface area contributed by atoms with Gasteiger partial charge in [-0.2, -0.15) is 0 Å². The lowest BCUT2D eigenvalue weighted by Gasteiger charge is -2.21. The van der Waals surface area contributed by atoms with Crippen LogP contribution >= 0.6 is 12.4 Å². The molecule has 0 spiro atoms. The van der Waals surface area contributed by atoms with Crippen molar-refractivity contribution in [3.05, 3.63) is 71.8 Å². The summed E-state index contributed by atoms with van der Waals surface area (Å²) in [6.45, 7) is 7.86. The van der Waals surface area contributed by atoms with Crippen LogP contribution in [0.3, 0.4) is 0 Å². The van der Waals surface area contributed by atoms with Crippen LogP contribution in [0.1, 0.15) is 30.9 Å². The van der Waals surface area contributed by atoms with Crippen LogP contribution in [-0.4, -0.2) is 37.0 Å². The van der Waals surface area contributed by atoms with E-state index in [2.05, 4.69) is 24.1 Å². The Labute approximate surface area is 151 Å². The molecule has 1 amide bonds. The summed E-state index contributed by atoms with van der Waals surface area (Å²) in [5.41, 5.74) is 2.05. The number of amides is 1. The van der Waals surface area contributed by atoms with Crippen molar-refractivity contribution in [3.8, 4) is 0 Å². The highest BCUT2D eigenvalue weighted by molar-refractivity contribution is 5.87. The molecule has 0 bridgehead atoms. The molecule has 2 rings (SSSR count). The molecule has 2 aromatic carbocycles. The van der Waals surface area contributed by atoms with Crippen molar-refractivity contribution >= 4 is 18.3 Å². The zero-order chi connectivity index (χ0) is 16.5. The molecule has 0 aromatic heterocycles. The van der Waals surface area contributed by atoms with E-state index in [1.54, 1.807) is 0 Å². The fraction of sp³-hybridized carbons (Fsp3) is 0.350. The van der Waals surface area contributed by atoms with Crippen LogP contribution in [0.15, 0.2) is 60.7 Å². The molecule has 2 aromatic rings. The second kappa shape index (κ2) is 10.8. The zero-order valence-electron chi connectivity index (χ0n) is 14.4. The highest BCUT2D eigenvalue weighted by atomic mass is 35.5. The van der Waals surface area contributed by atoms with E-state index in [1.807, 2.05) is 60.7 Å². The Morgan fingerprint density at radius 2 is 1.38 bits per heavy atom. The summed E-state index contributed by atoms with van der Waals surface area (Å²) in [6, 6.07) is 19.9. The highest BCUT2D eigenvalue weighted by Gasteiger charge is 2.22. The summed E-state index contributed by atoms with van der Waals surface area (Å²) < 4.78 is 0. The predicted molar refractivity (Wildman–Crippen MR) is 103 cm³/mol. The van der Waals surface area contributed by atoms with Gasteiger partial charge >= 0.3 is 0 Å². The van der Waals surface area contributed by atoms with Crippen LogP contribution in [0.4, 0.5) is 0 Å². The maximum Gasteiger partial charge on any atom is 0.232 e. The van der Waals surface area contributed by atoms with E-state index >= 15 is 0 Å². The Morgan fingerprint density at radius 3 is 1.79 bits per heavy atom. The van der Waals surface area contributed by atoms with Crippen molar-refractivity contribution in [1.29, 1.82) is 0 Å². The van der Waals surface area contributed by atoms with Gasteiger partial charge in [0.1, 0.15) is 0 Å². The first-order chi connectivity index (χ1) is 11.3. The molecule has 0 aliphatic carbocycles. The zero-order valence-corrected chi connectivity index (χ0v) is 15.3. The summed E-state index contributed by atoms with van der Waals surface area (Å²) in [4.78, 5) is 15.1. The van der Waals surface area contributed by atoms with Gasteiger partial charge in [0.15, 0.2) is 0 Å². The molecule has 0 saturated carbocycles. The summed E-state index contributed by atoms with van der Waals surface area (Å²) in [6.07, 6.45) is 0. The molecule has 0 aliphatic heterocycles. The van der Waals surface area contributed by atoms with Crippen molar-refractivity contribution in [2.45, 2.75) is 19.8 Å². The van der Waals surface area contributed by atoms with Gasteiger partial charge in [-0.25, -0.2) is 0 Å². The topological polar surface area (TPSA) is 32.3 Å². The second-order valence-electron chi connectivity index (χ2n) is 5.57. The largest absolute Gasteiger partial charge is 0.354 e. The lowest BCUT2D eigenvalue weighted by molar-refractivity contribution is -0.121. The van der Waals surface area contributed by atoms with Crippen LogP contribution < -0.4 is 5.32 Å². The molecule has 0 fully saturated rings. The lowest BCUT2D eigenvalue weighted by atomic mass is 9.90. The van der Waals surface area contributed by atoms with Gasteiger partial charge < -0.3 is 10.2 Å². The number of benzene rings is 2. The lowest BCUT2D eigenvalue weighted by Crippen LogP contribution is -2.37. The molecular weight excluding hydrogens is 320 g/mol. The second-order valence-corrected chi connectivity index (χ2v) is 5.57. The van der Waals surface area contributed by atoms with E-state index in [9.17, 15) is 4.79 Å². The van der Waals surface area contributed by atoms with Crippen LogP contribution in [0.25, 0.3) is 0 Å². The molecule has 0 heterocycles. The number of rotatable bonds is 8. The summed E-state index contributed by atoms with van der Waals surface area (Å²) in [5, 5.41) is 3.10. The maximum absolute atomic E-state index is 12.8. The Balaban J connectivity index is 0.00000288. The molecule has 0 saturated heterocycles. The van der Waals surface area contributed by atoms with Crippen molar-refractivity contribution < 1.29 is 4.79 Å². The molecule has 0 radical (unpaired) electrons. The molecule has 24 heavy (non-hydrogen) atoms. The van der Waals surface area contributed by atoms with Gasteiger partial charge in [-0.3, -0.25) is 4.79 Å². The van der Waals surface area contributed by atoms with Gasteiger partial charge in [-0.15, -0.1) is 12.4 Å². The molecule has 130 valence electrons. The SMILES string of the molecule is CCN(CC)CCNC(=O)C(c1ccccc1)c1ccccc1.Cl. The number of carbonyl (C=O) groups excluding carboxylic acids is 1. The summed E-state index contributed by atoms with van der Waals surface area (Å²) >= 11 is 0. The highest BCUT2D eigenvalue weighted by Crippen LogP contribution is 2.24. The average molecular weight is 347 g/mol. The van der Waals surface area contributed by atoms with Crippen molar-refractivity contribution in [1.82, 2.24) is 10.2 Å². The molecule has 0 aliphatic rings. The van der Waals surface area contributed by atoms with Crippen molar-refractivity contribution in [2.24, 2.45) is 0 Å². The first-order valence-electron chi connectivity index (χ1n) is 8.36. The number of likely N-dealkylation sites (N-methyl/N-ethyl adjacent to an activating group) is 1. The number of hydrogen-bond acceptors (Lipinski definition) is 2. The monoisotopic (exact) mass is 346 g/mol. The van der Waals surface area contributed by atoms with E-state index in [-0.39, 0.29) is 24.2 Å². The normalized spacial score (nSPS) is 10.5. The van der Waals surface area contributed by atoms with Crippen LogP contribution in [0, 0.1) is 0 Å². The first kappa shape index (κ1) is 20.2. The number of halogens is 1. The first-order valence-corrected chi connectivity index (χ1v) is 8.36. The summed E-state index contributed by atoms with van der Waals surface area (Å²) in [7, 11) is 0. The van der Waals surface area contributed by atoms with Crippen LogP contribution in [-0.2, 0) is 4.79 Å². The molecular formula is C20H27ClN2O. The molecule has 3 nitrogen and oxygen atoms in total. The fourth-order valence-corrected chi connectivity index (χ4v) is 2.77. The molecule has 0 unspecified atom stereocenters. The van der Waals surface area contributed by atoms with Gasteiger partial charge in [0, 0.05) is 13.1 Å². The third-order valence-corrected chi connectivity index (χ3v) is 4.15.